The van der Waals surface area contributed by atoms with Crippen LogP contribution in [0.3, 0.4) is 0 Å². The Kier molecular flexibility index (Phi) is 4.33. The summed E-state index contributed by atoms with van der Waals surface area (Å²) in [5.41, 5.74) is 1.04. The molecule has 0 amide bonds. The number of H-pyrrole nitrogens is 1. The average Bonchev–Trinajstić information content (AvgIpc) is 2.92. The van der Waals surface area contributed by atoms with Gasteiger partial charge in [-0.15, -0.1) is 0 Å². The van der Waals surface area contributed by atoms with E-state index in [1.165, 1.54) is 24.5 Å². The number of aromatic amines is 1. The molecule has 2 rings (SSSR count). The second-order valence-electron chi connectivity index (χ2n) is 4.06. The zero-order valence-electron chi connectivity index (χ0n) is 10.4. The largest absolute Gasteiger partial charge is 0.384 e. The van der Waals surface area contributed by atoms with Gasteiger partial charge in [-0.25, -0.2) is 13.4 Å². The molecule has 0 saturated carbocycles. The van der Waals surface area contributed by atoms with Crippen molar-refractivity contribution in [1.29, 1.82) is 0 Å². The molecule has 108 valence electrons. The number of imidazole rings is 1. The SMILES string of the molecule is O=S(=O)(c1ccccc1NCCc1cnc[nH]1)C(F)F. The lowest BCUT2D eigenvalue weighted by Gasteiger charge is -2.11. The molecule has 0 radical (unpaired) electrons. The summed E-state index contributed by atoms with van der Waals surface area (Å²) in [6, 6.07) is 5.63. The highest BCUT2D eigenvalue weighted by Gasteiger charge is 2.28. The third kappa shape index (κ3) is 3.13. The van der Waals surface area contributed by atoms with E-state index in [1.54, 1.807) is 12.3 Å². The summed E-state index contributed by atoms with van der Waals surface area (Å²) in [7, 11) is -4.61. The van der Waals surface area contributed by atoms with Crippen LogP contribution in [0.4, 0.5) is 14.5 Å². The number of hydrogen-bond donors (Lipinski definition) is 2. The molecule has 5 nitrogen and oxygen atoms in total. The maximum atomic E-state index is 12.6. The number of alkyl halides is 2. The van der Waals surface area contributed by atoms with E-state index in [2.05, 4.69) is 15.3 Å². The molecule has 0 fully saturated rings. The van der Waals surface area contributed by atoms with Crippen molar-refractivity contribution in [2.45, 2.75) is 17.1 Å². The van der Waals surface area contributed by atoms with Crippen LogP contribution in [0.5, 0.6) is 0 Å². The third-order valence-corrected chi connectivity index (χ3v) is 4.13. The highest BCUT2D eigenvalue weighted by atomic mass is 32.2. The van der Waals surface area contributed by atoms with Crippen LogP contribution >= 0.6 is 0 Å². The lowest BCUT2D eigenvalue weighted by Crippen LogP contribution is -2.15. The number of rotatable bonds is 6. The maximum Gasteiger partial charge on any atom is 0.341 e. The molecule has 0 aliphatic carbocycles. The maximum absolute atomic E-state index is 12.6. The monoisotopic (exact) mass is 301 g/mol. The number of para-hydroxylation sites is 1. The lowest BCUT2D eigenvalue weighted by atomic mass is 10.3. The topological polar surface area (TPSA) is 74.8 Å². The number of halogens is 2. The third-order valence-electron chi connectivity index (χ3n) is 2.69. The molecule has 0 spiro atoms. The summed E-state index contributed by atoms with van der Waals surface area (Å²) in [5.74, 6) is -3.43. The summed E-state index contributed by atoms with van der Waals surface area (Å²) in [6.45, 7) is 0.401. The van der Waals surface area contributed by atoms with Gasteiger partial charge in [0.05, 0.1) is 16.9 Å². The van der Waals surface area contributed by atoms with E-state index in [0.29, 0.717) is 13.0 Å². The Morgan fingerprint density at radius 1 is 1.30 bits per heavy atom. The van der Waals surface area contributed by atoms with Gasteiger partial charge in [0.2, 0.25) is 9.84 Å². The first-order valence-electron chi connectivity index (χ1n) is 5.84. The van der Waals surface area contributed by atoms with Crippen LogP contribution in [0.2, 0.25) is 0 Å². The van der Waals surface area contributed by atoms with Gasteiger partial charge < -0.3 is 10.3 Å². The molecule has 1 aromatic heterocycles. The fraction of sp³-hybridized carbons (Fsp3) is 0.250. The van der Waals surface area contributed by atoms with Crippen LogP contribution in [0.1, 0.15) is 5.69 Å². The molecule has 2 aromatic rings. The van der Waals surface area contributed by atoms with E-state index >= 15 is 0 Å². The molecular weight excluding hydrogens is 288 g/mol. The second kappa shape index (κ2) is 6.00. The minimum absolute atomic E-state index is 0.173. The van der Waals surface area contributed by atoms with Crippen LogP contribution in [0.15, 0.2) is 41.7 Å². The quantitative estimate of drug-likeness (QED) is 0.856. The van der Waals surface area contributed by atoms with Gasteiger partial charge in [-0.05, 0) is 12.1 Å². The zero-order valence-corrected chi connectivity index (χ0v) is 11.2. The number of anilines is 1. The van der Waals surface area contributed by atoms with Crippen molar-refractivity contribution < 1.29 is 17.2 Å². The predicted octanol–water partition coefficient (Wildman–Crippen LogP) is 2.06. The van der Waals surface area contributed by atoms with Crippen LogP contribution < -0.4 is 5.32 Å². The molecule has 0 bridgehead atoms. The van der Waals surface area contributed by atoms with Crippen LogP contribution in [-0.2, 0) is 16.3 Å². The minimum atomic E-state index is -4.61. The standard InChI is InChI=1S/C12H13F2N3O2S/c13-12(14)20(18,19)11-4-2-1-3-10(11)16-6-5-9-7-15-8-17-9/h1-4,7-8,12,16H,5-6H2,(H,15,17). The van der Waals surface area contributed by atoms with Crippen molar-refractivity contribution in [1.82, 2.24) is 9.97 Å². The highest BCUT2D eigenvalue weighted by Crippen LogP contribution is 2.25. The van der Waals surface area contributed by atoms with Gasteiger partial charge in [0, 0.05) is 24.9 Å². The molecule has 0 unspecified atom stereocenters. The predicted molar refractivity (Wildman–Crippen MR) is 70.4 cm³/mol. The fourth-order valence-electron chi connectivity index (χ4n) is 1.71. The lowest BCUT2D eigenvalue weighted by molar-refractivity contribution is 0.235. The molecule has 20 heavy (non-hydrogen) atoms. The van der Waals surface area contributed by atoms with Crippen molar-refractivity contribution in [2.24, 2.45) is 0 Å². The van der Waals surface area contributed by atoms with Crippen molar-refractivity contribution in [3.63, 3.8) is 0 Å². The number of hydrogen-bond acceptors (Lipinski definition) is 4. The molecule has 0 aliphatic rings. The average molecular weight is 301 g/mol. The second-order valence-corrected chi connectivity index (χ2v) is 5.94. The highest BCUT2D eigenvalue weighted by molar-refractivity contribution is 7.91. The first kappa shape index (κ1) is 14.4. The molecule has 1 heterocycles. The van der Waals surface area contributed by atoms with E-state index in [0.717, 1.165) is 5.69 Å². The van der Waals surface area contributed by atoms with Crippen LogP contribution in [-0.4, -0.2) is 30.7 Å². The summed E-state index contributed by atoms with van der Waals surface area (Å²) in [6.07, 6.45) is 3.75. The van der Waals surface area contributed by atoms with Crippen LogP contribution in [0.25, 0.3) is 0 Å². The van der Waals surface area contributed by atoms with Gasteiger partial charge in [0.25, 0.3) is 0 Å². The van der Waals surface area contributed by atoms with Gasteiger partial charge in [0.1, 0.15) is 0 Å². The smallest absolute Gasteiger partial charge is 0.341 e. The number of sulfone groups is 1. The van der Waals surface area contributed by atoms with E-state index in [1.807, 2.05) is 0 Å². The van der Waals surface area contributed by atoms with Crippen molar-refractivity contribution in [3.05, 3.63) is 42.5 Å². The van der Waals surface area contributed by atoms with Crippen molar-refractivity contribution in [2.75, 3.05) is 11.9 Å². The van der Waals surface area contributed by atoms with Gasteiger partial charge >= 0.3 is 5.76 Å². The molecule has 0 saturated heterocycles. The number of nitrogens with one attached hydrogen (secondary N) is 2. The summed E-state index contributed by atoms with van der Waals surface area (Å²) < 4.78 is 48.3. The number of nitrogens with zero attached hydrogens (tertiary/aromatic N) is 1. The molecule has 2 N–H and O–H groups in total. The molecule has 0 atom stereocenters. The zero-order chi connectivity index (χ0) is 14.6. The minimum Gasteiger partial charge on any atom is -0.384 e. The number of benzene rings is 1. The Balaban J connectivity index is 2.12. The van der Waals surface area contributed by atoms with E-state index < -0.39 is 15.6 Å². The van der Waals surface area contributed by atoms with Gasteiger partial charge in [-0.1, -0.05) is 12.1 Å². The van der Waals surface area contributed by atoms with Gasteiger partial charge in [-0.2, -0.15) is 8.78 Å². The molecule has 8 heteroatoms. The van der Waals surface area contributed by atoms with Crippen molar-refractivity contribution >= 4 is 15.5 Å². The first-order chi connectivity index (χ1) is 9.51. The van der Waals surface area contributed by atoms with E-state index in [-0.39, 0.29) is 10.6 Å². The molecule has 0 aliphatic heterocycles. The first-order valence-corrected chi connectivity index (χ1v) is 7.38. The molecular formula is C12H13F2N3O2S. The normalized spacial score (nSPS) is 11.8. The van der Waals surface area contributed by atoms with Gasteiger partial charge in [0.15, 0.2) is 0 Å². The van der Waals surface area contributed by atoms with E-state index in [4.69, 9.17) is 0 Å². The van der Waals surface area contributed by atoms with E-state index in [9.17, 15) is 17.2 Å². The summed E-state index contributed by atoms with van der Waals surface area (Å²) in [4.78, 5) is 6.36. The summed E-state index contributed by atoms with van der Waals surface area (Å²) >= 11 is 0. The Morgan fingerprint density at radius 3 is 2.70 bits per heavy atom. The van der Waals surface area contributed by atoms with Crippen LogP contribution in [0, 0.1) is 0 Å². The Labute approximate surface area is 115 Å². The summed E-state index contributed by atoms with van der Waals surface area (Å²) in [5, 5.41) is 2.85. The Hall–Kier alpha value is -1.96. The van der Waals surface area contributed by atoms with Gasteiger partial charge in [-0.3, -0.25) is 0 Å². The Morgan fingerprint density at radius 2 is 2.05 bits per heavy atom. The number of aromatic nitrogens is 2. The van der Waals surface area contributed by atoms with Crippen molar-refractivity contribution in [3.8, 4) is 0 Å². The Bertz CT molecular complexity index is 657. The molecule has 1 aromatic carbocycles. The fourth-order valence-corrected chi connectivity index (χ4v) is 2.62.